The Labute approximate surface area is 167 Å². The van der Waals surface area contributed by atoms with E-state index in [0.29, 0.717) is 34.3 Å². The number of nitriles is 1. The Morgan fingerprint density at radius 1 is 0.931 bits per heavy atom. The van der Waals surface area contributed by atoms with Crippen molar-refractivity contribution in [2.24, 2.45) is 0 Å². The largest absolute Gasteiger partial charge is 0.340 e. The number of nitrogens with one attached hydrogen (secondary N) is 3. The van der Waals surface area contributed by atoms with Gasteiger partial charge in [-0.3, -0.25) is 9.59 Å². The summed E-state index contributed by atoms with van der Waals surface area (Å²) in [4.78, 5) is 32.3. The molecule has 0 aliphatic carbocycles. The molecule has 1 aromatic heterocycles. The standard InChI is InChI=1S/C21H18N6O2/c1-13-23-19(21(29)27-16-8-6-15(12-22)7-9-16)11-20(24-13)26-18-5-3-4-17(10-18)25-14(2)28/h3-11H,1-2H3,(H,25,28)(H,27,29)(H,23,24,26). The molecule has 3 rings (SSSR count). The number of carbonyl (C=O) groups is 2. The van der Waals surface area contributed by atoms with Crippen molar-refractivity contribution < 1.29 is 9.59 Å². The molecule has 0 radical (unpaired) electrons. The third-order valence-electron chi connectivity index (χ3n) is 3.80. The molecule has 1 heterocycles. The van der Waals surface area contributed by atoms with Crippen LogP contribution in [0.25, 0.3) is 0 Å². The smallest absolute Gasteiger partial charge is 0.274 e. The lowest BCUT2D eigenvalue weighted by Crippen LogP contribution is -2.15. The molecule has 8 nitrogen and oxygen atoms in total. The van der Waals surface area contributed by atoms with Crippen LogP contribution < -0.4 is 16.0 Å². The fourth-order valence-corrected chi connectivity index (χ4v) is 2.60. The van der Waals surface area contributed by atoms with Crippen LogP contribution in [0, 0.1) is 18.3 Å². The first kappa shape index (κ1) is 19.5. The molecule has 0 bridgehead atoms. The summed E-state index contributed by atoms with van der Waals surface area (Å²) in [5.41, 5.74) is 2.61. The van der Waals surface area contributed by atoms with E-state index in [1.807, 2.05) is 12.1 Å². The average molecular weight is 386 g/mol. The molecule has 0 unspecified atom stereocenters. The van der Waals surface area contributed by atoms with E-state index >= 15 is 0 Å². The van der Waals surface area contributed by atoms with Crippen LogP contribution in [0.4, 0.5) is 22.9 Å². The minimum Gasteiger partial charge on any atom is -0.340 e. The van der Waals surface area contributed by atoms with Crippen LogP contribution in [0.5, 0.6) is 0 Å². The first-order valence-corrected chi connectivity index (χ1v) is 8.75. The van der Waals surface area contributed by atoms with Crippen LogP contribution in [0.1, 0.15) is 28.8 Å². The molecule has 0 spiro atoms. The highest BCUT2D eigenvalue weighted by Gasteiger charge is 2.11. The molecule has 0 saturated carbocycles. The van der Waals surface area contributed by atoms with E-state index < -0.39 is 5.91 Å². The Hall–Kier alpha value is -4.25. The predicted molar refractivity (Wildman–Crippen MR) is 110 cm³/mol. The maximum Gasteiger partial charge on any atom is 0.274 e. The number of nitrogens with zero attached hydrogens (tertiary/aromatic N) is 3. The second-order valence-electron chi connectivity index (χ2n) is 6.22. The summed E-state index contributed by atoms with van der Waals surface area (Å²) in [6.07, 6.45) is 0. The second-order valence-corrected chi connectivity index (χ2v) is 6.22. The maximum absolute atomic E-state index is 12.6. The van der Waals surface area contributed by atoms with Gasteiger partial charge in [-0.05, 0) is 49.4 Å². The van der Waals surface area contributed by atoms with Crippen molar-refractivity contribution in [3.8, 4) is 6.07 Å². The summed E-state index contributed by atoms with van der Waals surface area (Å²) in [5, 5.41) is 17.4. The number of hydrogen-bond acceptors (Lipinski definition) is 6. The Morgan fingerprint density at radius 3 is 2.34 bits per heavy atom. The molecule has 0 aliphatic rings. The summed E-state index contributed by atoms with van der Waals surface area (Å²) in [5.74, 6) is 0.317. The molecule has 3 aromatic rings. The lowest BCUT2D eigenvalue weighted by Gasteiger charge is -2.10. The van der Waals surface area contributed by atoms with Gasteiger partial charge in [-0.1, -0.05) is 6.07 Å². The van der Waals surface area contributed by atoms with Crippen LogP contribution in [0.2, 0.25) is 0 Å². The van der Waals surface area contributed by atoms with E-state index in [-0.39, 0.29) is 11.6 Å². The number of aromatic nitrogens is 2. The lowest BCUT2D eigenvalue weighted by molar-refractivity contribution is -0.114. The molecule has 0 fully saturated rings. The van der Waals surface area contributed by atoms with Crippen molar-refractivity contribution in [1.82, 2.24) is 9.97 Å². The molecule has 2 amide bonds. The third kappa shape index (κ3) is 5.37. The van der Waals surface area contributed by atoms with Crippen molar-refractivity contribution in [3.05, 3.63) is 71.7 Å². The Kier molecular flexibility index (Phi) is 5.80. The zero-order chi connectivity index (χ0) is 20.8. The zero-order valence-corrected chi connectivity index (χ0v) is 15.9. The first-order valence-electron chi connectivity index (χ1n) is 8.75. The molecule has 3 N–H and O–H groups in total. The second kappa shape index (κ2) is 8.63. The number of amides is 2. The SMILES string of the molecule is CC(=O)Nc1cccc(Nc2cc(C(=O)Nc3ccc(C#N)cc3)nc(C)n2)c1. The molecule has 0 saturated heterocycles. The average Bonchev–Trinajstić information content (AvgIpc) is 2.68. The van der Waals surface area contributed by atoms with Gasteiger partial charge >= 0.3 is 0 Å². The number of hydrogen-bond donors (Lipinski definition) is 3. The number of rotatable bonds is 5. The topological polar surface area (TPSA) is 120 Å². The third-order valence-corrected chi connectivity index (χ3v) is 3.80. The van der Waals surface area contributed by atoms with Gasteiger partial charge in [0.2, 0.25) is 5.91 Å². The summed E-state index contributed by atoms with van der Waals surface area (Å²) >= 11 is 0. The number of aryl methyl sites for hydroxylation is 1. The van der Waals surface area contributed by atoms with E-state index in [9.17, 15) is 9.59 Å². The van der Waals surface area contributed by atoms with E-state index in [0.717, 1.165) is 0 Å². The van der Waals surface area contributed by atoms with Gasteiger partial charge in [-0.15, -0.1) is 0 Å². The summed E-state index contributed by atoms with van der Waals surface area (Å²) < 4.78 is 0. The summed E-state index contributed by atoms with van der Waals surface area (Å²) in [6.45, 7) is 3.13. The van der Waals surface area contributed by atoms with Gasteiger partial charge in [0.1, 0.15) is 17.3 Å². The van der Waals surface area contributed by atoms with Crippen molar-refractivity contribution in [2.75, 3.05) is 16.0 Å². The van der Waals surface area contributed by atoms with Crippen molar-refractivity contribution in [2.45, 2.75) is 13.8 Å². The van der Waals surface area contributed by atoms with Gasteiger partial charge in [-0.25, -0.2) is 9.97 Å². The highest BCUT2D eigenvalue weighted by molar-refractivity contribution is 6.03. The molecule has 2 aromatic carbocycles. The van der Waals surface area contributed by atoms with Crippen molar-refractivity contribution >= 4 is 34.7 Å². The molecular weight excluding hydrogens is 368 g/mol. The molecule has 8 heteroatoms. The monoisotopic (exact) mass is 386 g/mol. The van der Waals surface area contributed by atoms with E-state index in [1.54, 1.807) is 49.4 Å². The van der Waals surface area contributed by atoms with Gasteiger partial charge in [0.25, 0.3) is 5.91 Å². The number of benzene rings is 2. The highest BCUT2D eigenvalue weighted by atomic mass is 16.2. The quantitative estimate of drug-likeness (QED) is 0.616. The number of anilines is 4. The Bertz CT molecular complexity index is 1100. The molecule has 29 heavy (non-hydrogen) atoms. The summed E-state index contributed by atoms with van der Waals surface area (Å²) in [7, 11) is 0. The molecule has 0 aliphatic heterocycles. The maximum atomic E-state index is 12.6. The lowest BCUT2D eigenvalue weighted by atomic mass is 10.2. The van der Waals surface area contributed by atoms with E-state index in [1.165, 1.54) is 13.0 Å². The van der Waals surface area contributed by atoms with Crippen LogP contribution in [-0.2, 0) is 4.79 Å². The Balaban J connectivity index is 1.78. The van der Waals surface area contributed by atoms with Gasteiger partial charge in [-0.2, -0.15) is 5.26 Å². The fraction of sp³-hybridized carbons (Fsp3) is 0.0952. The van der Waals surface area contributed by atoms with Crippen molar-refractivity contribution in [1.29, 1.82) is 5.26 Å². The van der Waals surface area contributed by atoms with Gasteiger partial charge in [0.05, 0.1) is 11.6 Å². The van der Waals surface area contributed by atoms with E-state index in [2.05, 4.69) is 25.9 Å². The molecule has 0 atom stereocenters. The first-order chi connectivity index (χ1) is 13.9. The van der Waals surface area contributed by atoms with E-state index in [4.69, 9.17) is 5.26 Å². The minimum atomic E-state index is -0.393. The van der Waals surface area contributed by atoms with Gasteiger partial charge in [0.15, 0.2) is 0 Å². The Morgan fingerprint density at radius 2 is 1.66 bits per heavy atom. The zero-order valence-electron chi connectivity index (χ0n) is 15.9. The predicted octanol–water partition coefficient (Wildman–Crippen LogP) is 3.61. The van der Waals surface area contributed by atoms with Crippen molar-refractivity contribution in [3.63, 3.8) is 0 Å². The summed E-state index contributed by atoms with van der Waals surface area (Å²) in [6, 6.07) is 17.2. The van der Waals surface area contributed by atoms with Gasteiger partial charge < -0.3 is 16.0 Å². The van der Waals surface area contributed by atoms with Crippen LogP contribution in [0.3, 0.4) is 0 Å². The fourth-order valence-electron chi connectivity index (χ4n) is 2.60. The van der Waals surface area contributed by atoms with Crippen LogP contribution in [-0.4, -0.2) is 21.8 Å². The van der Waals surface area contributed by atoms with Crippen LogP contribution >= 0.6 is 0 Å². The number of carbonyl (C=O) groups excluding carboxylic acids is 2. The minimum absolute atomic E-state index is 0.165. The molecular formula is C21H18N6O2. The molecule has 144 valence electrons. The van der Waals surface area contributed by atoms with Crippen LogP contribution in [0.15, 0.2) is 54.6 Å². The normalized spacial score (nSPS) is 9.97. The highest BCUT2D eigenvalue weighted by Crippen LogP contribution is 2.20. The van der Waals surface area contributed by atoms with Gasteiger partial charge in [0, 0.05) is 30.1 Å².